The molecule has 25 heavy (non-hydrogen) atoms. The van der Waals surface area contributed by atoms with Crippen molar-refractivity contribution < 1.29 is 23.9 Å². The fourth-order valence-electron chi connectivity index (χ4n) is 1.95. The molecule has 1 aromatic heterocycles. The third-order valence-corrected chi connectivity index (χ3v) is 3.77. The van der Waals surface area contributed by atoms with Crippen LogP contribution in [0.2, 0.25) is 0 Å². The molecule has 2 aromatic rings. The first-order valence-corrected chi connectivity index (χ1v) is 7.62. The number of thiazole rings is 1. The zero-order chi connectivity index (χ0) is 17.7. The lowest BCUT2D eigenvalue weighted by molar-refractivity contribution is -0.116. The number of carbonyl (C=O) groups is 3. The third kappa shape index (κ3) is 5.16. The van der Waals surface area contributed by atoms with Crippen LogP contribution in [-0.2, 0) is 20.8 Å². The molecular weight excluding hydrogens is 370 g/mol. The Morgan fingerprint density at radius 1 is 1.12 bits per heavy atom. The summed E-state index contributed by atoms with van der Waals surface area (Å²) in [6, 6.07) is 4.12. The van der Waals surface area contributed by atoms with Gasteiger partial charge in [-0.2, -0.15) is 0 Å². The summed E-state index contributed by atoms with van der Waals surface area (Å²) in [5.74, 6) is -1.68. The van der Waals surface area contributed by atoms with E-state index < -0.39 is 17.8 Å². The van der Waals surface area contributed by atoms with E-state index in [0.717, 1.165) is 0 Å². The van der Waals surface area contributed by atoms with Gasteiger partial charge in [-0.25, -0.2) is 9.59 Å². The monoisotopic (exact) mass is 385 g/mol. The van der Waals surface area contributed by atoms with Crippen molar-refractivity contribution in [3.05, 3.63) is 45.7 Å². The fraction of sp³-hybridized carbons (Fsp3) is 0.200. The molecule has 0 unspecified atom stereocenters. The van der Waals surface area contributed by atoms with Crippen LogP contribution in [0.15, 0.2) is 29.8 Å². The van der Waals surface area contributed by atoms with Crippen molar-refractivity contribution in [2.24, 2.45) is 0 Å². The van der Waals surface area contributed by atoms with Crippen LogP contribution in [-0.4, -0.2) is 36.6 Å². The minimum atomic E-state index is -0.642. The van der Waals surface area contributed by atoms with E-state index in [1.807, 2.05) is 0 Å². The number of anilines is 1. The summed E-state index contributed by atoms with van der Waals surface area (Å²) < 4.78 is 10.7. The van der Waals surface area contributed by atoms with E-state index in [-0.39, 0.29) is 40.6 Å². The number of hydrogen-bond acceptors (Lipinski definition) is 7. The van der Waals surface area contributed by atoms with E-state index in [2.05, 4.69) is 14.8 Å². The lowest BCUT2D eigenvalue weighted by Crippen LogP contribution is -2.24. The molecule has 1 heterocycles. The van der Waals surface area contributed by atoms with Crippen LogP contribution in [0, 0.1) is 5.41 Å². The van der Waals surface area contributed by atoms with Crippen molar-refractivity contribution in [1.82, 2.24) is 4.57 Å². The maximum absolute atomic E-state index is 12.1. The highest BCUT2D eigenvalue weighted by atomic mass is 35.5. The third-order valence-electron chi connectivity index (χ3n) is 3.05. The number of benzene rings is 1. The molecule has 0 bridgehead atoms. The van der Waals surface area contributed by atoms with Gasteiger partial charge < -0.3 is 19.4 Å². The maximum Gasteiger partial charge on any atom is 0.337 e. The molecule has 0 atom stereocenters. The zero-order valence-corrected chi connectivity index (χ0v) is 15.0. The zero-order valence-electron chi connectivity index (χ0n) is 13.4. The van der Waals surface area contributed by atoms with Crippen LogP contribution in [0.5, 0.6) is 0 Å². The van der Waals surface area contributed by atoms with Crippen molar-refractivity contribution >= 4 is 47.3 Å². The van der Waals surface area contributed by atoms with Crippen molar-refractivity contribution in [2.75, 3.05) is 19.5 Å². The normalized spacial score (nSPS) is 9.68. The fourth-order valence-corrected chi connectivity index (χ4v) is 2.55. The van der Waals surface area contributed by atoms with Crippen molar-refractivity contribution in [2.45, 2.75) is 6.54 Å². The topological polar surface area (TPSA) is 110 Å². The van der Waals surface area contributed by atoms with E-state index in [0.29, 0.717) is 0 Å². The Morgan fingerprint density at radius 2 is 1.68 bits per heavy atom. The van der Waals surface area contributed by atoms with Gasteiger partial charge >= 0.3 is 11.9 Å². The molecule has 2 N–H and O–H groups in total. The van der Waals surface area contributed by atoms with Gasteiger partial charge in [-0.3, -0.25) is 10.2 Å². The number of methoxy groups -OCH3 is 2. The number of hydrogen-bond donors (Lipinski definition) is 2. The molecule has 134 valence electrons. The lowest BCUT2D eigenvalue weighted by Gasteiger charge is -2.10. The molecule has 0 aliphatic carbocycles. The molecule has 1 aromatic carbocycles. The number of halogens is 1. The van der Waals surface area contributed by atoms with Gasteiger partial charge in [0.2, 0.25) is 5.91 Å². The number of rotatable bonds is 5. The van der Waals surface area contributed by atoms with Crippen LogP contribution in [0.1, 0.15) is 20.7 Å². The summed E-state index contributed by atoms with van der Waals surface area (Å²) >= 11 is 1.20. The number of carbonyl (C=O) groups excluding carboxylic acids is 3. The quantitative estimate of drug-likeness (QED) is 0.760. The molecule has 2 rings (SSSR count). The molecule has 0 fully saturated rings. The van der Waals surface area contributed by atoms with E-state index in [9.17, 15) is 14.4 Å². The largest absolute Gasteiger partial charge is 0.465 e. The predicted octanol–water partition coefficient (Wildman–Crippen LogP) is 1.66. The first-order chi connectivity index (χ1) is 11.4. The second-order valence-electron chi connectivity index (χ2n) is 4.67. The molecule has 10 heteroatoms. The van der Waals surface area contributed by atoms with Gasteiger partial charge in [0.05, 0.1) is 25.3 Å². The Hall–Kier alpha value is -2.65. The summed E-state index contributed by atoms with van der Waals surface area (Å²) in [7, 11) is 2.43. The molecule has 0 spiro atoms. The summed E-state index contributed by atoms with van der Waals surface area (Å²) in [5.41, 5.74) is 0.478. The van der Waals surface area contributed by atoms with Crippen LogP contribution < -0.4 is 10.1 Å². The summed E-state index contributed by atoms with van der Waals surface area (Å²) in [6.07, 6.45) is 1.62. The maximum atomic E-state index is 12.1. The number of aromatic nitrogens is 1. The average molecular weight is 386 g/mol. The number of nitrogens with zero attached hydrogens (tertiary/aromatic N) is 1. The van der Waals surface area contributed by atoms with Crippen molar-refractivity contribution in [3.63, 3.8) is 0 Å². The molecule has 8 nitrogen and oxygen atoms in total. The lowest BCUT2D eigenvalue weighted by atomic mass is 10.1. The van der Waals surface area contributed by atoms with Gasteiger partial charge in [-0.1, -0.05) is 0 Å². The molecule has 0 aliphatic heterocycles. The summed E-state index contributed by atoms with van der Waals surface area (Å²) in [5, 5.41) is 11.9. The molecule has 0 radical (unpaired) electrons. The average Bonchev–Trinajstić information content (AvgIpc) is 2.97. The highest BCUT2D eigenvalue weighted by molar-refractivity contribution is 7.06. The Morgan fingerprint density at radius 3 is 2.12 bits per heavy atom. The minimum Gasteiger partial charge on any atom is -0.465 e. The van der Waals surface area contributed by atoms with Crippen molar-refractivity contribution in [1.29, 1.82) is 5.41 Å². The van der Waals surface area contributed by atoms with Gasteiger partial charge in [0, 0.05) is 17.3 Å². The van der Waals surface area contributed by atoms with Gasteiger partial charge in [-0.15, -0.1) is 23.7 Å². The van der Waals surface area contributed by atoms with E-state index in [1.165, 1.54) is 48.3 Å². The molecule has 0 aliphatic rings. The van der Waals surface area contributed by atoms with Gasteiger partial charge in [0.1, 0.15) is 6.54 Å². The Balaban J connectivity index is 0.00000312. The van der Waals surface area contributed by atoms with Gasteiger partial charge in [0.15, 0.2) is 4.80 Å². The van der Waals surface area contributed by atoms with Crippen molar-refractivity contribution in [3.8, 4) is 0 Å². The second-order valence-corrected chi connectivity index (χ2v) is 5.56. The number of amides is 1. The Bertz CT molecular complexity index is 811. The minimum absolute atomic E-state index is 0. The number of ether oxygens (including phenoxy) is 2. The predicted molar refractivity (Wildman–Crippen MR) is 93.2 cm³/mol. The van der Waals surface area contributed by atoms with Gasteiger partial charge in [0.25, 0.3) is 0 Å². The van der Waals surface area contributed by atoms with Crippen LogP contribution in [0.25, 0.3) is 0 Å². The van der Waals surface area contributed by atoms with E-state index in [1.54, 1.807) is 11.6 Å². The molecule has 1 amide bonds. The molecular formula is C15H16ClN3O5S. The molecule has 0 saturated heterocycles. The standard InChI is InChI=1S/C15H15N3O5S.ClH/c1-22-13(20)9-5-10(14(21)23-2)7-11(6-9)17-12(19)8-18-3-4-24-15(18)16;/h3-7,16H,8H2,1-2H3,(H,17,19);1H. The van der Waals surface area contributed by atoms with E-state index >= 15 is 0 Å². The Labute approximate surface area is 153 Å². The highest BCUT2D eigenvalue weighted by Gasteiger charge is 2.15. The van der Waals surface area contributed by atoms with Gasteiger partial charge in [-0.05, 0) is 18.2 Å². The second kappa shape index (κ2) is 9.00. The summed E-state index contributed by atoms with van der Waals surface area (Å²) in [6.45, 7) is -0.0572. The number of nitrogens with one attached hydrogen (secondary N) is 2. The SMILES string of the molecule is COC(=O)c1cc(NC(=O)Cn2ccsc2=N)cc(C(=O)OC)c1.Cl. The smallest absolute Gasteiger partial charge is 0.337 e. The van der Waals surface area contributed by atoms with Crippen LogP contribution in [0.4, 0.5) is 5.69 Å². The first-order valence-electron chi connectivity index (χ1n) is 6.74. The molecule has 0 saturated carbocycles. The van der Waals surface area contributed by atoms with Crippen LogP contribution >= 0.6 is 23.7 Å². The Kier molecular flexibility index (Phi) is 7.34. The van der Waals surface area contributed by atoms with Crippen LogP contribution in [0.3, 0.4) is 0 Å². The first kappa shape index (κ1) is 20.4. The number of esters is 2. The highest BCUT2D eigenvalue weighted by Crippen LogP contribution is 2.17. The van der Waals surface area contributed by atoms with E-state index in [4.69, 9.17) is 5.41 Å². The summed E-state index contributed by atoms with van der Waals surface area (Å²) in [4.78, 5) is 35.7.